The molecule has 0 saturated carbocycles. The first-order valence-corrected chi connectivity index (χ1v) is 8.50. The van der Waals surface area contributed by atoms with Gasteiger partial charge in [0, 0.05) is 23.5 Å². The third-order valence-corrected chi connectivity index (χ3v) is 3.38. The van der Waals surface area contributed by atoms with Crippen LogP contribution in [0.1, 0.15) is 43.5 Å². The lowest BCUT2D eigenvalue weighted by Gasteiger charge is -2.05. The van der Waals surface area contributed by atoms with Gasteiger partial charge in [-0.1, -0.05) is 67.2 Å². The monoisotopic (exact) mass is 372 g/mol. The smallest absolute Gasteiger partial charge is 0.107 e. The number of aliphatic carboxylic acids is 2. The van der Waals surface area contributed by atoms with Crippen molar-refractivity contribution in [3.63, 3.8) is 0 Å². The van der Waals surface area contributed by atoms with Crippen molar-refractivity contribution >= 4 is 11.9 Å². The molecular formula is C21H28N2O4. The summed E-state index contributed by atoms with van der Waals surface area (Å²) in [6.45, 7) is 7.10. The molecule has 27 heavy (non-hydrogen) atoms. The summed E-state index contributed by atoms with van der Waals surface area (Å²) in [5.41, 5.74) is 9.95. The van der Waals surface area contributed by atoms with Gasteiger partial charge in [0.25, 0.3) is 0 Å². The molecule has 6 N–H and O–H groups in total. The van der Waals surface area contributed by atoms with Gasteiger partial charge in [-0.15, -0.1) is 0 Å². The molecule has 0 aliphatic carbocycles. The van der Waals surface area contributed by atoms with Crippen molar-refractivity contribution in [2.45, 2.75) is 32.4 Å². The van der Waals surface area contributed by atoms with Crippen molar-refractivity contribution in [1.82, 2.24) is 0 Å². The number of carbonyl (C=O) groups excluding carboxylic acids is 2. The minimum atomic E-state index is -1.56. The summed E-state index contributed by atoms with van der Waals surface area (Å²) in [4.78, 5) is 19.4. The van der Waals surface area contributed by atoms with Crippen LogP contribution in [-0.2, 0) is 9.59 Å². The second-order valence-corrected chi connectivity index (χ2v) is 6.06. The molecule has 0 fully saturated rings. The lowest BCUT2D eigenvalue weighted by molar-refractivity contribution is -0.420. The third kappa shape index (κ3) is 12.1. The fourth-order valence-electron chi connectivity index (χ4n) is 1.81. The average Bonchev–Trinajstić information content (AvgIpc) is 2.63. The van der Waals surface area contributed by atoms with E-state index >= 15 is 0 Å². The molecule has 2 aromatic carbocycles. The summed E-state index contributed by atoms with van der Waals surface area (Å²) in [5.74, 6) is -3.02. The summed E-state index contributed by atoms with van der Waals surface area (Å²) in [6.07, 6.45) is -0.678. The van der Waals surface area contributed by atoms with E-state index in [1.165, 1.54) is 11.1 Å². The van der Waals surface area contributed by atoms with Crippen molar-refractivity contribution in [3.05, 3.63) is 83.9 Å². The highest BCUT2D eigenvalue weighted by Crippen LogP contribution is 2.05. The number of hydrogen-bond acceptors (Lipinski definition) is 4. The molecule has 0 heterocycles. The first kappa shape index (κ1) is 24.0. The Labute approximate surface area is 160 Å². The van der Waals surface area contributed by atoms with Gasteiger partial charge < -0.3 is 31.3 Å². The number of hydrogen-bond donors (Lipinski definition) is 2. The molecule has 2 rings (SSSR count). The van der Waals surface area contributed by atoms with Crippen molar-refractivity contribution in [1.29, 1.82) is 0 Å². The van der Waals surface area contributed by atoms with Gasteiger partial charge in [-0.25, -0.2) is 0 Å². The molecule has 0 amide bonds. The van der Waals surface area contributed by atoms with Gasteiger partial charge in [-0.2, -0.15) is 0 Å². The van der Waals surface area contributed by atoms with E-state index in [1.54, 1.807) is 0 Å². The Bertz CT molecular complexity index is 655. The largest absolute Gasteiger partial charge is 0.550 e. The Hall–Kier alpha value is -2.96. The zero-order valence-electron chi connectivity index (χ0n) is 15.9. The molecule has 0 unspecified atom stereocenters. The fourth-order valence-corrected chi connectivity index (χ4v) is 1.81. The number of rotatable bonds is 5. The summed E-state index contributed by atoms with van der Waals surface area (Å²) >= 11 is 0. The first-order valence-electron chi connectivity index (χ1n) is 8.50. The second-order valence-electron chi connectivity index (χ2n) is 6.06. The Kier molecular flexibility index (Phi) is 11.8. The molecule has 0 spiro atoms. The van der Waals surface area contributed by atoms with Gasteiger partial charge in [0.15, 0.2) is 0 Å². The van der Waals surface area contributed by atoms with E-state index in [1.807, 2.05) is 36.4 Å². The Balaban J connectivity index is 0.000000376. The van der Waals surface area contributed by atoms with E-state index in [9.17, 15) is 19.8 Å². The number of carboxylic acids is 2. The lowest BCUT2D eigenvalue weighted by atomic mass is 10.1. The normalized spacial score (nSPS) is 11.6. The lowest BCUT2D eigenvalue weighted by Crippen LogP contribution is -2.51. The first-order chi connectivity index (χ1) is 12.6. The van der Waals surface area contributed by atoms with Gasteiger partial charge in [0.1, 0.15) is 12.1 Å². The predicted molar refractivity (Wildman–Crippen MR) is 99.3 cm³/mol. The molecule has 6 nitrogen and oxygen atoms in total. The third-order valence-electron chi connectivity index (χ3n) is 3.38. The van der Waals surface area contributed by atoms with Crippen LogP contribution in [0.4, 0.5) is 0 Å². The topological polar surface area (TPSA) is 136 Å². The van der Waals surface area contributed by atoms with E-state index in [2.05, 4.69) is 56.2 Å². The van der Waals surface area contributed by atoms with Crippen LogP contribution in [0, 0.1) is 0 Å². The number of quaternary nitrogens is 2. The quantitative estimate of drug-likeness (QED) is 0.678. The van der Waals surface area contributed by atoms with E-state index in [0.717, 1.165) is 0 Å². The van der Waals surface area contributed by atoms with Crippen molar-refractivity contribution in [2.24, 2.45) is 0 Å². The van der Waals surface area contributed by atoms with Gasteiger partial charge in [0.2, 0.25) is 0 Å². The molecule has 6 heteroatoms. The molecule has 2 atom stereocenters. The maximum Gasteiger partial charge on any atom is 0.107 e. The molecule has 0 aliphatic rings. The maximum atomic E-state index is 9.73. The van der Waals surface area contributed by atoms with Gasteiger partial charge >= 0.3 is 0 Å². The van der Waals surface area contributed by atoms with Crippen LogP contribution in [0.25, 0.3) is 0 Å². The highest BCUT2D eigenvalue weighted by atomic mass is 16.4. The van der Waals surface area contributed by atoms with Crippen LogP contribution in [-0.4, -0.2) is 11.9 Å². The molecule has 146 valence electrons. The SMILES string of the molecule is C=C(CC(=O)[O-])C(=O)[O-].C[C@@H]([NH3+])c1ccccc1.C[C@@H]([NH3+])c1ccccc1. The molecule has 0 aromatic heterocycles. The fraction of sp³-hybridized carbons (Fsp3) is 0.238. The summed E-state index contributed by atoms with van der Waals surface area (Å²) in [6, 6.07) is 21.4. The Morgan fingerprint density at radius 3 is 1.33 bits per heavy atom. The molecule has 0 aliphatic heterocycles. The predicted octanol–water partition coefficient (Wildman–Crippen LogP) is -0.588. The number of carbonyl (C=O) groups is 2. The molecule has 0 bridgehead atoms. The van der Waals surface area contributed by atoms with Crippen LogP contribution in [0.2, 0.25) is 0 Å². The van der Waals surface area contributed by atoms with Crippen molar-refractivity contribution in [3.8, 4) is 0 Å². The van der Waals surface area contributed by atoms with Crippen LogP contribution >= 0.6 is 0 Å². The molecule has 2 aromatic rings. The minimum absolute atomic E-state index is 0.409. The van der Waals surface area contributed by atoms with E-state index in [-0.39, 0.29) is 0 Å². The summed E-state index contributed by atoms with van der Waals surface area (Å²) in [5, 5.41) is 19.4. The van der Waals surface area contributed by atoms with Crippen molar-refractivity contribution in [2.75, 3.05) is 0 Å². The zero-order chi connectivity index (χ0) is 20.8. The van der Waals surface area contributed by atoms with Crippen LogP contribution in [0.5, 0.6) is 0 Å². The highest BCUT2D eigenvalue weighted by molar-refractivity contribution is 5.89. The number of carboxylic acid groups (broad SMARTS) is 2. The van der Waals surface area contributed by atoms with Crippen LogP contribution < -0.4 is 21.7 Å². The van der Waals surface area contributed by atoms with Gasteiger partial charge in [-0.05, 0) is 19.4 Å². The highest BCUT2D eigenvalue weighted by Gasteiger charge is 1.98. The van der Waals surface area contributed by atoms with E-state index < -0.39 is 23.9 Å². The molecular weight excluding hydrogens is 344 g/mol. The van der Waals surface area contributed by atoms with E-state index in [0.29, 0.717) is 12.1 Å². The summed E-state index contributed by atoms with van der Waals surface area (Å²) in [7, 11) is 0. The standard InChI is InChI=1S/2C8H11N.C5H6O4/c2*1-7(9)8-5-3-2-4-6-8;1-3(5(8)9)2-4(6)7/h2*2-7H,9H2,1H3;1-2H2,(H,6,7)(H,8,9)/t2*7-;/m11./s1. The number of benzene rings is 2. The molecule has 0 radical (unpaired) electrons. The summed E-state index contributed by atoms with van der Waals surface area (Å²) < 4.78 is 0. The Morgan fingerprint density at radius 2 is 1.19 bits per heavy atom. The van der Waals surface area contributed by atoms with Crippen LogP contribution in [0.15, 0.2) is 72.8 Å². The van der Waals surface area contributed by atoms with Gasteiger partial charge in [0.05, 0.1) is 5.97 Å². The van der Waals surface area contributed by atoms with Gasteiger partial charge in [-0.3, -0.25) is 0 Å². The average molecular weight is 372 g/mol. The minimum Gasteiger partial charge on any atom is -0.550 e. The van der Waals surface area contributed by atoms with Crippen LogP contribution in [0.3, 0.4) is 0 Å². The zero-order valence-corrected chi connectivity index (χ0v) is 15.9. The Morgan fingerprint density at radius 1 is 0.852 bits per heavy atom. The molecule has 0 saturated heterocycles. The van der Waals surface area contributed by atoms with E-state index in [4.69, 9.17) is 0 Å². The second kappa shape index (κ2) is 13.3. The van der Waals surface area contributed by atoms with Crippen molar-refractivity contribution < 1.29 is 31.3 Å². The maximum absolute atomic E-state index is 9.73.